The first-order valence-corrected chi connectivity index (χ1v) is 8.68. The van der Waals surface area contributed by atoms with Crippen LogP contribution in [0.3, 0.4) is 0 Å². The summed E-state index contributed by atoms with van der Waals surface area (Å²) in [5, 5.41) is 11.2. The first kappa shape index (κ1) is 15.7. The van der Waals surface area contributed by atoms with Crippen LogP contribution in [0.5, 0.6) is 0 Å². The van der Waals surface area contributed by atoms with Gasteiger partial charge in [-0.3, -0.25) is 4.79 Å². The number of nitrogens with one attached hydrogen (secondary N) is 1. The minimum absolute atomic E-state index is 0.0278. The lowest BCUT2D eigenvalue weighted by molar-refractivity contribution is -0.118. The fourth-order valence-electron chi connectivity index (χ4n) is 1.57. The van der Waals surface area contributed by atoms with Crippen LogP contribution in [-0.4, -0.2) is 68.3 Å². The number of sulfone groups is 1. The Balaban J connectivity index is 2.04. The molecule has 0 aromatic heterocycles. The van der Waals surface area contributed by atoms with Crippen molar-refractivity contribution in [2.45, 2.75) is 11.7 Å². The number of hydrogen-bond acceptors (Lipinski definition) is 6. The summed E-state index contributed by atoms with van der Waals surface area (Å²) in [4.78, 5) is 11.4. The summed E-state index contributed by atoms with van der Waals surface area (Å²) >= 11 is 1.39. The summed E-state index contributed by atoms with van der Waals surface area (Å²) in [7, 11) is -2.87. The van der Waals surface area contributed by atoms with Gasteiger partial charge in [-0.25, -0.2) is 8.42 Å². The molecule has 18 heavy (non-hydrogen) atoms. The number of thioether (sulfide) groups is 1. The number of aliphatic hydroxyl groups is 1. The van der Waals surface area contributed by atoms with E-state index in [9.17, 15) is 13.2 Å². The number of aliphatic hydroxyl groups excluding tert-OH is 1. The lowest BCUT2D eigenvalue weighted by atomic mass is 10.4. The molecule has 0 aromatic rings. The van der Waals surface area contributed by atoms with Gasteiger partial charge in [-0.2, -0.15) is 0 Å². The van der Waals surface area contributed by atoms with E-state index in [1.807, 2.05) is 0 Å². The summed E-state index contributed by atoms with van der Waals surface area (Å²) in [5.41, 5.74) is 0. The fourth-order valence-corrected chi connectivity index (χ4v) is 5.04. The number of carbonyl (C=O) groups excluding carboxylic acids is 1. The molecule has 1 rings (SSSR count). The number of carbonyl (C=O) groups is 1. The molecule has 2 N–H and O–H groups in total. The standard InChI is InChI=1S/C10H19NO5S2/c12-3-5-16-4-2-11-10(13)7-17-9-1-6-18(14,15)8-9/h9,12H,1-8H2,(H,11,13). The van der Waals surface area contributed by atoms with E-state index in [0.717, 1.165) is 0 Å². The van der Waals surface area contributed by atoms with Crippen molar-refractivity contribution in [3.05, 3.63) is 0 Å². The van der Waals surface area contributed by atoms with Gasteiger partial charge in [-0.05, 0) is 6.42 Å². The maximum Gasteiger partial charge on any atom is 0.230 e. The van der Waals surface area contributed by atoms with E-state index in [1.165, 1.54) is 11.8 Å². The van der Waals surface area contributed by atoms with Crippen molar-refractivity contribution in [3.8, 4) is 0 Å². The van der Waals surface area contributed by atoms with Crippen molar-refractivity contribution in [2.75, 3.05) is 43.6 Å². The SMILES string of the molecule is O=C(CSC1CCS(=O)(=O)C1)NCCOCCO. The van der Waals surface area contributed by atoms with Gasteiger partial charge < -0.3 is 15.2 Å². The number of rotatable bonds is 8. The van der Waals surface area contributed by atoms with Gasteiger partial charge in [-0.15, -0.1) is 11.8 Å². The monoisotopic (exact) mass is 297 g/mol. The van der Waals surface area contributed by atoms with Gasteiger partial charge >= 0.3 is 0 Å². The number of hydrogen-bond donors (Lipinski definition) is 2. The first-order chi connectivity index (χ1) is 8.53. The Morgan fingerprint density at radius 1 is 1.44 bits per heavy atom. The molecule has 1 atom stereocenters. The van der Waals surface area contributed by atoms with Crippen LogP contribution in [0, 0.1) is 0 Å². The van der Waals surface area contributed by atoms with E-state index in [2.05, 4.69) is 5.32 Å². The Bertz CT molecular complexity index is 357. The molecule has 1 amide bonds. The molecule has 0 saturated carbocycles. The lowest BCUT2D eigenvalue weighted by Crippen LogP contribution is -2.29. The molecule has 1 aliphatic heterocycles. The molecule has 0 radical (unpaired) electrons. The van der Waals surface area contributed by atoms with E-state index in [4.69, 9.17) is 9.84 Å². The third-order valence-corrected chi connectivity index (χ3v) is 5.73. The predicted octanol–water partition coefficient (Wildman–Crippen LogP) is -0.968. The second kappa shape index (κ2) is 7.98. The molecule has 0 bridgehead atoms. The molecular weight excluding hydrogens is 278 g/mol. The van der Waals surface area contributed by atoms with E-state index in [1.54, 1.807) is 0 Å². The molecule has 1 saturated heterocycles. The largest absolute Gasteiger partial charge is 0.394 e. The molecule has 6 nitrogen and oxygen atoms in total. The maximum absolute atomic E-state index is 11.4. The van der Waals surface area contributed by atoms with Crippen molar-refractivity contribution < 1.29 is 23.1 Å². The van der Waals surface area contributed by atoms with Gasteiger partial charge in [-0.1, -0.05) is 0 Å². The van der Waals surface area contributed by atoms with E-state index < -0.39 is 9.84 Å². The molecule has 1 heterocycles. The van der Waals surface area contributed by atoms with Crippen LogP contribution in [0.1, 0.15) is 6.42 Å². The van der Waals surface area contributed by atoms with E-state index in [0.29, 0.717) is 19.6 Å². The zero-order valence-corrected chi connectivity index (χ0v) is 11.8. The highest BCUT2D eigenvalue weighted by molar-refractivity contribution is 8.02. The van der Waals surface area contributed by atoms with Crippen molar-refractivity contribution in [1.29, 1.82) is 0 Å². The molecular formula is C10H19NO5S2. The topological polar surface area (TPSA) is 92.7 Å². The number of ether oxygens (including phenoxy) is 1. The summed E-state index contributed by atoms with van der Waals surface area (Å²) in [6.45, 7) is 1.02. The van der Waals surface area contributed by atoms with E-state index in [-0.39, 0.29) is 41.6 Å². The third kappa shape index (κ3) is 6.58. The summed E-state index contributed by atoms with van der Waals surface area (Å²) in [6.07, 6.45) is 0.639. The molecule has 1 unspecified atom stereocenters. The van der Waals surface area contributed by atoms with Crippen molar-refractivity contribution in [1.82, 2.24) is 5.32 Å². The van der Waals surface area contributed by atoms with Gasteiger partial charge in [0.2, 0.25) is 5.91 Å². The van der Waals surface area contributed by atoms with Gasteiger partial charge in [0.1, 0.15) is 0 Å². The van der Waals surface area contributed by atoms with Crippen LogP contribution in [0.2, 0.25) is 0 Å². The Morgan fingerprint density at radius 3 is 2.83 bits per heavy atom. The van der Waals surface area contributed by atoms with Crippen LogP contribution in [0.15, 0.2) is 0 Å². The molecule has 106 valence electrons. The van der Waals surface area contributed by atoms with E-state index >= 15 is 0 Å². The van der Waals surface area contributed by atoms with Gasteiger partial charge in [0, 0.05) is 11.8 Å². The Hall–Kier alpha value is -0.310. The number of amides is 1. The van der Waals surface area contributed by atoms with Crippen molar-refractivity contribution in [3.63, 3.8) is 0 Å². The van der Waals surface area contributed by atoms with Crippen molar-refractivity contribution in [2.24, 2.45) is 0 Å². The normalized spacial score (nSPS) is 21.9. The molecule has 1 fully saturated rings. The third-order valence-electron chi connectivity index (χ3n) is 2.44. The summed E-state index contributed by atoms with van der Waals surface area (Å²) < 4.78 is 27.4. The van der Waals surface area contributed by atoms with Gasteiger partial charge in [0.15, 0.2) is 9.84 Å². The molecule has 1 aliphatic rings. The van der Waals surface area contributed by atoms with Crippen LogP contribution in [-0.2, 0) is 19.4 Å². The molecule has 8 heteroatoms. The maximum atomic E-state index is 11.4. The highest BCUT2D eigenvalue weighted by Crippen LogP contribution is 2.23. The molecule has 0 aromatic carbocycles. The minimum atomic E-state index is -2.87. The molecule has 0 spiro atoms. The van der Waals surface area contributed by atoms with Crippen LogP contribution in [0.25, 0.3) is 0 Å². The minimum Gasteiger partial charge on any atom is -0.394 e. The average molecular weight is 297 g/mol. The quantitative estimate of drug-likeness (QED) is 0.560. The van der Waals surface area contributed by atoms with Gasteiger partial charge in [0.05, 0.1) is 37.1 Å². The second-order valence-corrected chi connectivity index (χ2v) is 7.54. The summed E-state index contributed by atoms with van der Waals surface area (Å²) in [6, 6.07) is 0. The predicted molar refractivity (Wildman–Crippen MR) is 70.4 cm³/mol. The zero-order valence-electron chi connectivity index (χ0n) is 10.1. The van der Waals surface area contributed by atoms with Crippen LogP contribution < -0.4 is 5.32 Å². The second-order valence-electron chi connectivity index (χ2n) is 4.02. The fraction of sp³-hybridized carbons (Fsp3) is 0.900. The Morgan fingerprint density at radius 2 is 2.22 bits per heavy atom. The Labute approximate surface area is 111 Å². The summed E-state index contributed by atoms with van der Waals surface area (Å²) in [5.74, 6) is 0.586. The average Bonchev–Trinajstić information content (AvgIpc) is 2.66. The van der Waals surface area contributed by atoms with Crippen LogP contribution >= 0.6 is 11.8 Å². The zero-order chi connectivity index (χ0) is 13.4. The highest BCUT2D eigenvalue weighted by atomic mass is 32.2. The Kier molecular flexibility index (Phi) is 6.98. The van der Waals surface area contributed by atoms with Crippen molar-refractivity contribution >= 4 is 27.5 Å². The highest BCUT2D eigenvalue weighted by Gasteiger charge is 2.28. The smallest absolute Gasteiger partial charge is 0.230 e. The lowest BCUT2D eigenvalue weighted by Gasteiger charge is -2.08. The van der Waals surface area contributed by atoms with Crippen LogP contribution in [0.4, 0.5) is 0 Å². The first-order valence-electron chi connectivity index (χ1n) is 5.81. The van der Waals surface area contributed by atoms with Gasteiger partial charge in [0.25, 0.3) is 0 Å². The molecule has 0 aliphatic carbocycles.